The van der Waals surface area contributed by atoms with Gasteiger partial charge in [0.15, 0.2) is 5.13 Å². The van der Waals surface area contributed by atoms with Gasteiger partial charge < -0.3 is 20.7 Å². The molecular formula is C20H19BN4O3S. The number of rotatable bonds is 4. The van der Waals surface area contributed by atoms with E-state index in [9.17, 15) is 9.82 Å². The smallest absolute Gasteiger partial charge is 0.534 e. The van der Waals surface area contributed by atoms with Crippen LogP contribution in [0.5, 0.6) is 5.75 Å². The van der Waals surface area contributed by atoms with Gasteiger partial charge in [0.2, 0.25) is 0 Å². The van der Waals surface area contributed by atoms with Crippen molar-refractivity contribution in [1.82, 2.24) is 15.3 Å². The number of benzene rings is 1. The standard InChI is InChI=1S/C20H19BN4O3S/c1-12-4-2-6-14-9-17(21(27)28-18(12)14)25-19(26)15(16-11-29-20(22)24-16)8-13-5-3-7-23-10-13/h2-8,10-11,17,27H,9H2,1H3,(H2,22,24)(H,25,26)/b15-8-/t17-/m0/s1. The number of nitrogens with one attached hydrogen (secondary N) is 1. The molecule has 7 nitrogen and oxygen atoms in total. The van der Waals surface area contributed by atoms with Crippen LogP contribution < -0.4 is 15.7 Å². The van der Waals surface area contributed by atoms with Crippen LogP contribution in [0.3, 0.4) is 0 Å². The Morgan fingerprint density at radius 1 is 1.41 bits per heavy atom. The fourth-order valence-electron chi connectivity index (χ4n) is 3.25. The van der Waals surface area contributed by atoms with E-state index in [0.717, 1.165) is 16.7 Å². The third kappa shape index (κ3) is 4.15. The average molecular weight is 406 g/mol. The predicted octanol–water partition coefficient (Wildman–Crippen LogP) is 2.11. The maximum Gasteiger partial charge on any atom is 0.547 e. The van der Waals surface area contributed by atoms with Crippen molar-refractivity contribution >= 4 is 41.1 Å². The second-order valence-corrected chi connectivity index (χ2v) is 7.66. The molecule has 1 aliphatic heterocycles. The molecule has 0 fully saturated rings. The minimum Gasteiger partial charge on any atom is -0.534 e. The van der Waals surface area contributed by atoms with Crippen LogP contribution in [0.25, 0.3) is 11.6 Å². The molecule has 29 heavy (non-hydrogen) atoms. The van der Waals surface area contributed by atoms with Gasteiger partial charge in [0.25, 0.3) is 5.91 Å². The normalized spacial score (nSPS) is 16.1. The summed E-state index contributed by atoms with van der Waals surface area (Å²) in [5.41, 5.74) is 9.21. The SMILES string of the molecule is Cc1cccc2c1OB(O)[C@@H](NC(=O)/C(=C\c1cccnc1)c1csc(N)n1)C2. The van der Waals surface area contributed by atoms with Crippen molar-refractivity contribution in [3.8, 4) is 5.75 Å². The predicted molar refractivity (Wildman–Crippen MR) is 114 cm³/mol. The number of thiazole rings is 1. The van der Waals surface area contributed by atoms with Gasteiger partial charge in [-0.25, -0.2) is 4.98 Å². The molecule has 0 spiro atoms. The highest BCUT2D eigenvalue weighted by Crippen LogP contribution is 2.30. The third-order valence-corrected chi connectivity index (χ3v) is 5.34. The number of para-hydroxylation sites is 1. The van der Waals surface area contributed by atoms with Crippen LogP contribution in [-0.4, -0.2) is 34.0 Å². The van der Waals surface area contributed by atoms with E-state index in [4.69, 9.17) is 10.4 Å². The molecule has 1 aromatic carbocycles. The van der Waals surface area contributed by atoms with Crippen LogP contribution in [0, 0.1) is 6.92 Å². The average Bonchev–Trinajstić information content (AvgIpc) is 3.14. The molecule has 0 aliphatic carbocycles. The number of nitrogens with zero attached hydrogens (tertiary/aromatic N) is 2. The molecule has 9 heteroatoms. The third-order valence-electron chi connectivity index (χ3n) is 4.67. The van der Waals surface area contributed by atoms with Gasteiger partial charge in [-0.15, -0.1) is 11.3 Å². The van der Waals surface area contributed by atoms with E-state index in [1.807, 2.05) is 31.2 Å². The molecule has 1 atom stereocenters. The fraction of sp³-hybridized carbons (Fsp3) is 0.150. The lowest BCUT2D eigenvalue weighted by atomic mass is 9.72. The summed E-state index contributed by atoms with van der Waals surface area (Å²) in [6.07, 6.45) is 5.47. The molecule has 3 aromatic rings. The van der Waals surface area contributed by atoms with Crippen molar-refractivity contribution in [2.75, 3.05) is 5.73 Å². The highest BCUT2D eigenvalue weighted by molar-refractivity contribution is 7.13. The summed E-state index contributed by atoms with van der Waals surface area (Å²) in [7, 11) is -1.15. The number of carbonyl (C=O) groups excluding carboxylic acids is 1. The number of hydrogen-bond donors (Lipinski definition) is 3. The summed E-state index contributed by atoms with van der Waals surface area (Å²) in [6.45, 7) is 1.92. The lowest BCUT2D eigenvalue weighted by molar-refractivity contribution is -0.116. The highest BCUT2D eigenvalue weighted by Gasteiger charge is 2.37. The van der Waals surface area contributed by atoms with E-state index in [1.54, 1.807) is 29.9 Å². The Morgan fingerprint density at radius 3 is 3.00 bits per heavy atom. The Balaban J connectivity index is 1.61. The first kappa shape index (κ1) is 19.2. The molecule has 0 bridgehead atoms. The summed E-state index contributed by atoms with van der Waals surface area (Å²) in [5.74, 6) is -0.295. The van der Waals surface area contributed by atoms with Crippen LogP contribution in [-0.2, 0) is 11.2 Å². The topological polar surface area (TPSA) is 110 Å². The molecule has 1 aliphatic rings. The van der Waals surface area contributed by atoms with Crippen molar-refractivity contribution in [2.24, 2.45) is 0 Å². The summed E-state index contributed by atoms with van der Waals surface area (Å²) >= 11 is 1.26. The number of pyridine rings is 1. The first-order valence-corrected chi connectivity index (χ1v) is 9.96. The molecule has 0 saturated carbocycles. The van der Waals surface area contributed by atoms with E-state index < -0.39 is 13.1 Å². The van der Waals surface area contributed by atoms with Gasteiger partial charge >= 0.3 is 7.12 Å². The minimum atomic E-state index is -1.15. The number of anilines is 1. The Kier molecular flexibility index (Phi) is 5.33. The van der Waals surface area contributed by atoms with E-state index in [-0.39, 0.29) is 5.91 Å². The number of nitrogens with two attached hydrogens (primary N) is 1. The molecule has 2 aromatic heterocycles. The number of aromatic nitrogens is 2. The zero-order chi connectivity index (χ0) is 20.4. The van der Waals surface area contributed by atoms with Gasteiger partial charge in [-0.1, -0.05) is 24.3 Å². The number of hydrogen-bond acceptors (Lipinski definition) is 7. The molecule has 0 saturated heterocycles. The van der Waals surface area contributed by atoms with Gasteiger partial charge in [-0.05, 0) is 42.2 Å². The number of amides is 1. The molecule has 0 unspecified atom stereocenters. The highest BCUT2D eigenvalue weighted by atomic mass is 32.1. The molecule has 4 N–H and O–H groups in total. The molecule has 1 amide bonds. The zero-order valence-corrected chi connectivity index (χ0v) is 16.5. The number of aryl methyl sites for hydroxylation is 1. The van der Waals surface area contributed by atoms with Crippen LogP contribution in [0.15, 0.2) is 48.1 Å². The molecular weight excluding hydrogens is 387 g/mol. The monoisotopic (exact) mass is 406 g/mol. The van der Waals surface area contributed by atoms with Crippen molar-refractivity contribution in [3.05, 3.63) is 70.5 Å². The lowest BCUT2D eigenvalue weighted by Gasteiger charge is -2.29. The van der Waals surface area contributed by atoms with Gasteiger partial charge in [-0.2, -0.15) is 0 Å². The fourth-order valence-corrected chi connectivity index (χ4v) is 3.81. The van der Waals surface area contributed by atoms with Crippen molar-refractivity contribution in [3.63, 3.8) is 0 Å². The summed E-state index contributed by atoms with van der Waals surface area (Å²) in [6, 6.07) is 9.41. The van der Waals surface area contributed by atoms with Gasteiger partial charge in [0, 0.05) is 17.8 Å². The largest absolute Gasteiger partial charge is 0.547 e. The maximum absolute atomic E-state index is 13.1. The van der Waals surface area contributed by atoms with E-state index >= 15 is 0 Å². The van der Waals surface area contributed by atoms with Crippen LogP contribution in [0.4, 0.5) is 5.13 Å². The second-order valence-electron chi connectivity index (χ2n) is 6.77. The minimum absolute atomic E-state index is 0.341. The van der Waals surface area contributed by atoms with Gasteiger partial charge in [0.1, 0.15) is 5.75 Å². The molecule has 146 valence electrons. The van der Waals surface area contributed by atoms with Crippen LogP contribution >= 0.6 is 11.3 Å². The number of carbonyl (C=O) groups is 1. The first-order chi connectivity index (χ1) is 14.0. The van der Waals surface area contributed by atoms with Crippen molar-refractivity contribution in [1.29, 1.82) is 0 Å². The van der Waals surface area contributed by atoms with Crippen LogP contribution in [0.2, 0.25) is 0 Å². The Bertz CT molecular complexity index is 1070. The lowest BCUT2D eigenvalue weighted by Crippen LogP contribution is -2.53. The maximum atomic E-state index is 13.1. The van der Waals surface area contributed by atoms with Gasteiger partial charge in [0.05, 0.1) is 17.2 Å². The molecule has 0 radical (unpaired) electrons. The summed E-state index contributed by atoms with van der Waals surface area (Å²) in [4.78, 5) is 21.4. The van der Waals surface area contributed by atoms with E-state index in [2.05, 4.69) is 15.3 Å². The zero-order valence-electron chi connectivity index (χ0n) is 15.7. The number of fused-ring (bicyclic) bond motifs is 1. The first-order valence-electron chi connectivity index (χ1n) is 9.08. The quantitative estimate of drug-likeness (QED) is 0.452. The van der Waals surface area contributed by atoms with Gasteiger partial charge in [-0.3, -0.25) is 9.78 Å². The van der Waals surface area contributed by atoms with Crippen LogP contribution in [0.1, 0.15) is 22.4 Å². The summed E-state index contributed by atoms with van der Waals surface area (Å²) in [5, 5.41) is 15.4. The summed E-state index contributed by atoms with van der Waals surface area (Å²) < 4.78 is 5.66. The Labute approximate surface area is 172 Å². The second kappa shape index (κ2) is 8.06. The number of nitrogen functional groups attached to an aromatic ring is 1. The molecule has 3 heterocycles. The van der Waals surface area contributed by atoms with E-state index in [0.29, 0.717) is 28.6 Å². The van der Waals surface area contributed by atoms with E-state index in [1.165, 1.54) is 11.3 Å². The van der Waals surface area contributed by atoms with Crippen molar-refractivity contribution in [2.45, 2.75) is 19.3 Å². The van der Waals surface area contributed by atoms with Crippen molar-refractivity contribution < 1.29 is 14.5 Å². The molecule has 4 rings (SSSR count). The Morgan fingerprint density at radius 2 is 2.28 bits per heavy atom. The Hall–Kier alpha value is -3.17.